The summed E-state index contributed by atoms with van der Waals surface area (Å²) in [6, 6.07) is 28.4. The molecule has 3 aromatic carbocycles. The zero-order chi connectivity index (χ0) is 30.4. The highest BCUT2D eigenvalue weighted by Gasteiger charge is 2.28. The molecule has 0 unspecified atom stereocenters. The van der Waals surface area contributed by atoms with Gasteiger partial charge in [-0.25, -0.2) is 9.37 Å². The number of amides is 2. The first-order chi connectivity index (χ1) is 21.4. The number of para-hydroxylation sites is 2. The fraction of sp³-hybridized carbons (Fsp3) is 0.0857. The van der Waals surface area contributed by atoms with Crippen molar-refractivity contribution in [2.24, 2.45) is 0 Å². The largest absolute Gasteiger partial charge is 0.322 e. The van der Waals surface area contributed by atoms with E-state index in [0.717, 1.165) is 38.2 Å². The molecule has 0 fully saturated rings. The Morgan fingerprint density at radius 2 is 1.80 bits per heavy atom. The van der Waals surface area contributed by atoms with Crippen molar-refractivity contribution in [1.82, 2.24) is 9.97 Å². The molecule has 0 saturated carbocycles. The summed E-state index contributed by atoms with van der Waals surface area (Å²) < 4.78 is 14.4. The number of thiophene rings is 1. The van der Waals surface area contributed by atoms with Crippen LogP contribution in [-0.4, -0.2) is 28.3 Å². The van der Waals surface area contributed by atoms with Crippen LogP contribution in [-0.2, 0) is 6.42 Å². The number of aromatic amines is 1. The van der Waals surface area contributed by atoms with E-state index in [1.807, 2.05) is 60.7 Å². The van der Waals surface area contributed by atoms with E-state index >= 15 is 0 Å². The molecule has 1 aliphatic rings. The number of halogens is 1. The van der Waals surface area contributed by atoms with Crippen LogP contribution in [0.4, 0.5) is 15.8 Å². The van der Waals surface area contributed by atoms with Gasteiger partial charge in [0.15, 0.2) is 0 Å². The topological polar surface area (TPSA) is 95.2 Å². The van der Waals surface area contributed by atoms with Gasteiger partial charge in [0.1, 0.15) is 11.5 Å². The van der Waals surface area contributed by atoms with Crippen molar-refractivity contribution >= 4 is 45.4 Å². The van der Waals surface area contributed by atoms with E-state index in [-0.39, 0.29) is 23.1 Å². The molecule has 2 N–H and O–H groups in total. The molecule has 216 valence electrons. The van der Waals surface area contributed by atoms with Crippen molar-refractivity contribution in [3.63, 3.8) is 0 Å². The molecule has 9 heteroatoms. The number of pyridine rings is 2. The van der Waals surface area contributed by atoms with E-state index in [0.29, 0.717) is 34.8 Å². The van der Waals surface area contributed by atoms with Gasteiger partial charge in [0.05, 0.1) is 21.9 Å². The van der Waals surface area contributed by atoms with E-state index in [1.54, 1.807) is 36.1 Å². The Labute approximate surface area is 255 Å². The number of fused-ring (bicyclic) bond motifs is 4. The third kappa shape index (κ3) is 4.97. The van der Waals surface area contributed by atoms with Gasteiger partial charge in [-0.15, -0.1) is 11.3 Å². The molecular formula is C35H25FN4O3S. The second kappa shape index (κ2) is 11.0. The third-order valence-corrected chi connectivity index (χ3v) is 8.98. The number of nitrogens with zero attached hydrogens (tertiary/aromatic N) is 2. The Kier molecular flexibility index (Phi) is 6.87. The second-order valence-corrected chi connectivity index (χ2v) is 11.7. The molecule has 6 aromatic rings. The summed E-state index contributed by atoms with van der Waals surface area (Å²) in [7, 11) is 0. The Bertz CT molecular complexity index is 2150. The summed E-state index contributed by atoms with van der Waals surface area (Å²) in [4.78, 5) is 49.5. The van der Waals surface area contributed by atoms with Crippen LogP contribution in [0.1, 0.15) is 31.3 Å². The van der Waals surface area contributed by atoms with Gasteiger partial charge < -0.3 is 15.2 Å². The maximum atomic E-state index is 14.4. The second-order valence-electron chi connectivity index (χ2n) is 10.6. The maximum absolute atomic E-state index is 14.4. The number of aromatic nitrogens is 2. The van der Waals surface area contributed by atoms with Gasteiger partial charge in [-0.3, -0.25) is 14.4 Å². The summed E-state index contributed by atoms with van der Waals surface area (Å²) in [5, 5.41) is 3.60. The van der Waals surface area contributed by atoms with Gasteiger partial charge in [-0.2, -0.15) is 0 Å². The van der Waals surface area contributed by atoms with Gasteiger partial charge >= 0.3 is 0 Å². The zero-order valence-corrected chi connectivity index (χ0v) is 24.4. The van der Waals surface area contributed by atoms with Crippen molar-refractivity contribution in [3.05, 3.63) is 135 Å². The number of benzene rings is 3. The van der Waals surface area contributed by atoms with Crippen molar-refractivity contribution in [3.8, 4) is 21.7 Å². The monoisotopic (exact) mass is 600 g/mol. The number of hydrogen-bond donors (Lipinski definition) is 2. The van der Waals surface area contributed by atoms with Crippen LogP contribution in [0.15, 0.2) is 102 Å². The van der Waals surface area contributed by atoms with E-state index in [2.05, 4.69) is 10.3 Å². The molecule has 0 atom stereocenters. The van der Waals surface area contributed by atoms with Crippen LogP contribution >= 0.6 is 11.3 Å². The van der Waals surface area contributed by atoms with Crippen LogP contribution in [0.5, 0.6) is 0 Å². The molecular weight excluding hydrogens is 575 g/mol. The predicted octanol–water partition coefficient (Wildman–Crippen LogP) is 7.22. The lowest BCUT2D eigenvalue weighted by molar-refractivity contribution is 0.0981. The van der Waals surface area contributed by atoms with Gasteiger partial charge in [-0.1, -0.05) is 42.5 Å². The van der Waals surface area contributed by atoms with Crippen molar-refractivity contribution < 1.29 is 14.0 Å². The molecule has 0 spiro atoms. The minimum Gasteiger partial charge on any atom is -0.322 e. The number of hydrogen-bond acceptors (Lipinski definition) is 5. The molecule has 2 amide bonds. The first-order valence-corrected chi connectivity index (χ1v) is 14.9. The SMILES string of the molecule is Cc1cccc(F)c1NC(=O)c1cc2c(s1)-c1ccccc1N(C(=O)c1cccc(-c3ccc4[nH]c(=O)ccc4c3)n1)CC2. The molecule has 7 rings (SSSR count). The summed E-state index contributed by atoms with van der Waals surface area (Å²) in [5.74, 6) is -1.08. The van der Waals surface area contributed by atoms with Crippen LogP contribution in [0.25, 0.3) is 32.6 Å². The fourth-order valence-corrected chi connectivity index (χ4v) is 6.69. The lowest BCUT2D eigenvalue weighted by Gasteiger charge is -2.23. The Morgan fingerprint density at radius 1 is 0.955 bits per heavy atom. The van der Waals surface area contributed by atoms with Crippen LogP contribution < -0.4 is 15.8 Å². The summed E-state index contributed by atoms with van der Waals surface area (Å²) >= 11 is 1.33. The van der Waals surface area contributed by atoms with Gasteiger partial charge in [0, 0.05) is 34.1 Å². The predicted molar refractivity (Wildman–Crippen MR) is 172 cm³/mol. The summed E-state index contributed by atoms with van der Waals surface area (Å²) in [6.45, 7) is 2.14. The summed E-state index contributed by atoms with van der Waals surface area (Å²) in [6.07, 6.45) is 0.529. The fourth-order valence-electron chi connectivity index (χ4n) is 5.55. The van der Waals surface area contributed by atoms with Crippen LogP contribution in [0, 0.1) is 12.7 Å². The van der Waals surface area contributed by atoms with Gasteiger partial charge in [0.2, 0.25) is 5.56 Å². The first kappa shape index (κ1) is 27.4. The van der Waals surface area contributed by atoms with E-state index in [4.69, 9.17) is 4.98 Å². The molecule has 3 aromatic heterocycles. The lowest BCUT2D eigenvalue weighted by Crippen LogP contribution is -2.33. The average molecular weight is 601 g/mol. The molecule has 0 radical (unpaired) electrons. The molecule has 0 saturated heterocycles. The van der Waals surface area contributed by atoms with Crippen LogP contribution in [0.3, 0.4) is 0 Å². The molecule has 1 aliphatic heterocycles. The highest BCUT2D eigenvalue weighted by atomic mass is 32.1. The lowest BCUT2D eigenvalue weighted by atomic mass is 10.1. The van der Waals surface area contributed by atoms with E-state index in [9.17, 15) is 18.8 Å². The molecule has 0 aliphatic carbocycles. The average Bonchev–Trinajstić information content (AvgIpc) is 3.40. The molecule has 4 heterocycles. The highest BCUT2D eigenvalue weighted by molar-refractivity contribution is 7.17. The maximum Gasteiger partial charge on any atom is 0.276 e. The Balaban J connectivity index is 1.19. The molecule has 7 nitrogen and oxygen atoms in total. The highest BCUT2D eigenvalue weighted by Crippen LogP contribution is 2.42. The normalized spacial score (nSPS) is 12.4. The number of H-pyrrole nitrogens is 1. The van der Waals surface area contributed by atoms with Crippen molar-refractivity contribution in [2.45, 2.75) is 13.3 Å². The van der Waals surface area contributed by atoms with E-state index < -0.39 is 5.82 Å². The minimum atomic E-state index is -0.481. The van der Waals surface area contributed by atoms with Crippen molar-refractivity contribution in [2.75, 3.05) is 16.8 Å². The minimum absolute atomic E-state index is 0.166. The number of rotatable bonds is 4. The quantitative estimate of drug-likeness (QED) is 0.223. The number of anilines is 2. The van der Waals surface area contributed by atoms with Gasteiger partial charge in [0.25, 0.3) is 11.8 Å². The van der Waals surface area contributed by atoms with Crippen LogP contribution in [0.2, 0.25) is 0 Å². The number of carbonyl (C=O) groups is 2. The van der Waals surface area contributed by atoms with Crippen molar-refractivity contribution in [1.29, 1.82) is 0 Å². The summed E-state index contributed by atoms with van der Waals surface area (Å²) in [5.41, 5.74) is 5.69. The number of aryl methyl sites for hydroxylation is 1. The third-order valence-electron chi connectivity index (χ3n) is 7.77. The number of carbonyl (C=O) groups excluding carboxylic acids is 2. The van der Waals surface area contributed by atoms with Gasteiger partial charge in [-0.05, 0) is 78.4 Å². The number of nitrogens with one attached hydrogen (secondary N) is 2. The van der Waals surface area contributed by atoms with E-state index in [1.165, 1.54) is 23.5 Å². The standard InChI is InChI=1S/C35H25FN4O3S/c1-20-6-4-8-25(36)32(20)39-34(42)30-19-23-16-17-40(29-11-3-2-7-24(29)33(23)44-30)35(43)28-10-5-9-26(37-28)21-12-14-27-22(18-21)13-15-31(41)38-27/h2-15,18-19H,16-17H2,1H3,(H,38,41)(H,39,42). The molecule has 0 bridgehead atoms. The zero-order valence-electron chi connectivity index (χ0n) is 23.6. The Morgan fingerprint density at radius 3 is 2.66 bits per heavy atom. The smallest absolute Gasteiger partial charge is 0.276 e. The molecule has 44 heavy (non-hydrogen) atoms. The Hall–Kier alpha value is -5.41. The first-order valence-electron chi connectivity index (χ1n) is 14.1.